The summed E-state index contributed by atoms with van der Waals surface area (Å²) in [6.45, 7) is 4.02. The van der Waals surface area contributed by atoms with E-state index in [-0.39, 0.29) is 5.70 Å². The SMILES string of the molecule is C=CCOc1ccccc1/C=C1/N=C(c2ccc(Br)cc2)OC1=O. The Balaban J connectivity index is 1.91. The predicted octanol–water partition coefficient (Wildman–Crippen LogP) is 4.36. The number of carbonyl (C=O) groups excluding carboxylic acids is 1. The van der Waals surface area contributed by atoms with E-state index in [1.807, 2.05) is 48.5 Å². The summed E-state index contributed by atoms with van der Waals surface area (Å²) in [6.07, 6.45) is 3.32. The topological polar surface area (TPSA) is 47.9 Å². The van der Waals surface area contributed by atoms with Crippen LogP contribution in [-0.4, -0.2) is 18.5 Å². The highest BCUT2D eigenvalue weighted by Gasteiger charge is 2.24. The average molecular weight is 384 g/mol. The van der Waals surface area contributed by atoms with Gasteiger partial charge in [0.05, 0.1) is 0 Å². The van der Waals surface area contributed by atoms with E-state index in [2.05, 4.69) is 27.5 Å². The Labute approximate surface area is 148 Å². The molecule has 24 heavy (non-hydrogen) atoms. The van der Waals surface area contributed by atoms with Gasteiger partial charge in [-0.15, -0.1) is 0 Å². The van der Waals surface area contributed by atoms with Gasteiger partial charge in [0, 0.05) is 15.6 Å². The van der Waals surface area contributed by atoms with Crippen molar-refractivity contribution < 1.29 is 14.3 Å². The van der Waals surface area contributed by atoms with Gasteiger partial charge in [0.15, 0.2) is 5.70 Å². The van der Waals surface area contributed by atoms with Gasteiger partial charge in [-0.05, 0) is 36.4 Å². The van der Waals surface area contributed by atoms with E-state index in [1.54, 1.807) is 12.2 Å². The minimum absolute atomic E-state index is 0.238. The van der Waals surface area contributed by atoms with Crippen molar-refractivity contribution in [2.24, 2.45) is 4.99 Å². The summed E-state index contributed by atoms with van der Waals surface area (Å²) in [5, 5.41) is 0. The Kier molecular flexibility index (Phi) is 4.91. The van der Waals surface area contributed by atoms with Crippen LogP contribution in [0.4, 0.5) is 0 Å². The van der Waals surface area contributed by atoms with E-state index in [1.165, 1.54) is 0 Å². The zero-order valence-corrected chi connectivity index (χ0v) is 14.3. The summed E-state index contributed by atoms with van der Waals surface area (Å²) >= 11 is 3.37. The highest BCUT2D eigenvalue weighted by atomic mass is 79.9. The zero-order valence-electron chi connectivity index (χ0n) is 12.7. The van der Waals surface area contributed by atoms with E-state index in [0.717, 1.165) is 15.6 Å². The van der Waals surface area contributed by atoms with Crippen molar-refractivity contribution in [1.82, 2.24) is 0 Å². The molecule has 0 aliphatic carbocycles. The number of esters is 1. The van der Waals surface area contributed by atoms with Crippen molar-refractivity contribution in [3.8, 4) is 5.75 Å². The first-order valence-electron chi connectivity index (χ1n) is 7.28. The molecule has 1 heterocycles. The van der Waals surface area contributed by atoms with Crippen LogP contribution in [0.5, 0.6) is 5.75 Å². The van der Waals surface area contributed by atoms with Crippen molar-refractivity contribution in [2.75, 3.05) is 6.61 Å². The smallest absolute Gasteiger partial charge is 0.363 e. The second-order valence-corrected chi connectivity index (χ2v) is 5.90. The number of carbonyl (C=O) groups is 1. The fourth-order valence-electron chi connectivity index (χ4n) is 2.15. The van der Waals surface area contributed by atoms with Crippen LogP contribution in [0.15, 0.2) is 76.3 Å². The van der Waals surface area contributed by atoms with Crippen molar-refractivity contribution in [3.63, 3.8) is 0 Å². The number of hydrogen-bond acceptors (Lipinski definition) is 4. The second-order valence-electron chi connectivity index (χ2n) is 4.98. The molecular formula is C19H14BrNO3. The molecule has 0 spiro atoms. The number of cyclic esters (lactones) is 1. The maximum absolute atomic E-state index is 12.1. The van der Waals surface area contributed by atoms with Gasteiger partial charge >= 0.3 is 5.97 Å². The monoisotopic (exact) mass is 383 g/mol. The highest BCUT2D eigenvalue weighted by Crippen LogP contribution is 2.25. The molecule has 4 nitrogen and oxygen atoms in total. The Morgan fingerprint density at radius 1 is 1.17 bits per heavy atom. The van der Waals surface area contributed by atoms with Gasteiger partial charge in [-0.2, -0.15) is 0 Å². The van der Waals surface area contributed by atoms with Gasteiger partial charge in [0.1, 0.15) is 12.4 Å². The number of ether oxygens (including phenoxy) is 2. The Morgan fingerprint density at radius 2 is 1.92 bits per heavy atom. The third-order valence-electron chi connectivity index (χ3n) is 3.28. The summed E-state index contributed by atoms with van der Waals surface area (Å²) in [5.41, 5.74) is 1.74. The van der Waals surface area contributed by atoms with Crippen LogP contribution in [0.2, 0.25) is 0 Å². The van der Waals surface area contributed by atoms with E-state index < -0.39 is 5.97 Å². The molecule has 0 radical (unpaired) electrons. The molecule has 1 aliphatic rings. The maximum atomic E-state index is 12.1. The third-order valence-corrected chi connectivity index (χ3v) is 3.81. The lowest BCUT2D eigenvalue weighted by molar-refractivity contribution is -0.129. The molecule has 3 rings (SSSR count). The van der Waals surface area contributed by atoms with Gasteiger partial charge in [0.25, 0.3) is 0 Å². The molecule has 2 aromatic rings. The van der Waals surface area contributed by atoms with Gasteiger partial charge < -0.3 is 9.47 Å². The van der Waals surface area contributed by atoms with Crippen LogP contribution in [0.3, 0.4) is 0 Å². The lowest BCUT2D eigenvalue weighted by atomic mass is 10.1. The number of rotatable bonds is 5. The molecule has 2 aromatic carbocycles. The van der Waals surface area contributed by atoms with Crippen LogP contribution in [-0.2, 0) is 9.53 Å². The highest BCUT2D eigenvalue weighted by molar-refractivity contribution is 9.10. The largest absolute Gasteiger partial charge is 0.489 e. The van der Waals surface area contributed by atoms with Crippen molar-refractivity contribution in [1.29, 1.82) is 0 Å². The normalized spacial score (nSPS) is 15.1. The first-order chi connectivity index (χ1) is 11.7. The summed E-state index contributed by atoms with van der Waals surface area (Å²) in [5.74, 6) is 0.472. The van der Waals surface area contributed by atoms with E-state index in [0.29, 0.717) is 18.3 Å². The molecule has 0 fully saturated rings. The fraction of sp³-hybridized carbons (Fsp3) is 0.0526. The van der Waals surface area contributed by atoms with E-state index in [9.17, 15) is 4.79 Å². The lowest BCUT2D eigenvalue weighted by Gasteiger charge is -2.06. The number of nitrogens with zero attached hydrogens (tertiary/aromatic N) is 1. The molecule has 1 aliphatic heterocycles. The van der Waals surface area contributed by atoms with Gasteiger partial charge in [-0.25, -0.2) is 9.79 Å². The van der Waals surface area contributed by atoms with Gasteiger partial charge in [0.2, 0.25) is 5.90 Å². The van der Waals surface area contributed by atoms with Gasteiger partial charge in [-0.1, -0.05) is 46.8 Å². The molecule has 0 atom stereocenters. The molecular weight excluding hydrogens is 370 g/mol. The number of halogens is 1. The van der Waals surface area contributed by atoms with Crippen LogP contribution in [0.25, 0.3) is 6.08 Å². The molecule has 0 N–H and O–H groups in total. The fourth-order valence-corrected chi connectivity index (χ4v) is 2.42. The molecule has 0 amide bonds. The Bertz CT molecular complexity index is 838. The quantitative estimate of drug-likeness (QED) is 0.437. The van der Waals surface area contributed by atoms with Gasteiger partial charge in [-0.3, -0.25) is 0 Å². The number of hydrogen-bond donors (Lipinski definition) is 0. The number of para-hydroxylation sites is 1. The second kappa shape index (κ2) is 7.27. The third kappa shape index (κ3) is 3.63. The van der Waals surface area contributed by atoms with Crippen LogP contribution < -0.4 is 4.74 Å². The summed E-state index contributed by atoms with van der Waals surface area (Å²) in [6, 6.07) is 14.8. The minimum atomic E-state index is -0.480. The predicted molar refractivity (Wildman–Crippen MR) is 96.9 cm³/mol. The molecule has 0 saturated carbocycles. The summed E-state index contributed by atoms with van der Waals surface area (Å²) in [7, 11) is 0. The average Bonchev–Trinajstić information content (AvgIpc) is 2.95. The Morgan fingerprint density at radius 3 is 2.67 bits per heavy atom. The molecule has 0 aromatic heterocycles. The van der Waals surface area contributed by atoms with Crippen LogP contribution >= 0.6 is 15.9 Å². The first kappa shape index (κ1) is 16.2. The lowest BCUT2D eigenvalue weighted by Crippen LogP contribution is -2.05. The van der Waals surface area contributed by atoms with Crippen LogP contribution in [0, 0.1) is 0 Å². The van der Waals surface area contributed by atoms with Crippen LogP contribution in [0.1, 0.15) is 11.1 Å². The molecule has 0 unspecified atom stereocenters. The zero-order chi connectivity index (χ0) is 16.9. The summed E-state index contributed by atoms with van der Waals surface area (Å²) in [4.78, 5) is 16.4. The van der Waals surface area contributed by atoms with E-state index >= 15 is 0 Å². The Hall–Kier alpha value is -2.66. The number of aliphatic imine (C=N–C) groups is 1. The first-order valence-corrected chi connectivity index (χ1v) is 8.08. The molecule has 0 saturated heterocycles. The molecule has 5 heteroatoms. The molecule has 0 bridgehead atoms. The van der Waals surface area contributed by atoms with Crippen molar-refractivity contribution in [2.45, 2.75) is 0 Å². The number of benzene rings is 2. The summed E-state index contributed by atoms with van der Waals surface area (Å²) < 4.78 is 11.8. The molecule has 120 valence electrons. The maximum Gasteiger partial charge on any atom is 0.363 e. The van der Waals surface area contributed by atoms with Crippen molar-refractivity contribution >= 4 is 33.9 Å². The van der Waals surface area contributed by atoms with E-state index in [4.69, 9.17) is 9.47 Å². The standard InChI is InChI=1S/C19H14BrNO3/c1-2-11-23-17-6-4-3-5-14(17)12-16-19(22)24-18(21-16)13-7-9-15(20)10-8-13/h2-10,12H,1,11H2/b16-12+. The minimum Gasteiger partial charge on any atom is -0.489 e. The van der Waals surface area contributed by atoms with Crippen molar-refractivity contribution in [3.05, 3.63) is 82.5 Å².